The van der Waals surface area contributed by atoms with Crippen LogP contribution in [-0.2, 0) is 4.74 Å². The van der Waals surface area contributed by atoms with Gasteiger partial charge in [-0.2, -0.15) is 0 Å². The molecule has 1 fully saturated rings. The highest BCUT2D eigenvalue weighted by Crippen LogP contribution is 2.17. The lowest BCUT2D eigenvalue weighted by Gasteiger charge is -2.14. The summed E-state index contributed by atoms with van der Waals surface area (Å²) < 4.78 is 5.32. The Bertz CT molecular complexity index is 314. The molecule has 1 aromatic rings. The van der Waals surface area contributed by atoms with E-state index >= 15 is 0 Å². The van der Waals surface area contributed by atoms with Gasteiger partial charge in [0, 0.05) is 0 Å². The zero-order valence-corrected chi connectivity index (χ0v) is 8.62. The van der Waals surface area contributed by atoms with Gasteiger partial charge < -0.3 is 4.74 Å². The maximum atomic E-state index is 5.32. The molecule has 0 bridgehead atoms. The van der Waals surface area contributed by atoms with Crippen LogP contribution in [0.4, 0.5) is 0 Å². The standard InChI is InChI=1S/C13H16O/c1-11-2-4-12(5-3-11)10-13-6-8-14-9-7-13/h2-5,10H,6-9H2,1H3. The molecule has 0 amide bonds. The summed E-state index contributed by atoms with van der Waals surface area (Å²) in [5, 5.41) is 0. The van der Waals surface area contributed by atoms with E-state index in [2.05, 4.69) is 37.3 Å². The van der Waals surface area contributed by atoms with Crippen molar-refractivity contribution in [1.29, 1.82) is 0 Å². The summed E-state index contributed by atoms with van der Waals surface area (Å²) in [5.74, 6) is 0. The van der Waals surface area contributed by atoms with Crippen molar-refractivity contribution >= 4 is 6.08 Å². The maximum absolute atomic E-state index is 5.32. The minimum Gasteiger partial charge on any atom is -0.381 e. The third kappa shape index (κ3) is 2.46. The fourth-order valence-electron chi connectivity index (χ4n) is 1.68. The summed E-state index contributed by atoms with van der Waals surface area (Å²) in [6.45, 7) is 3.89. The van der Waals surface area contributed by atoms with Crippen LogP contribution in [0.2, 0.25) is 0 Å². The van der Waals surface area contributed by atoms with Gasteiger partial charge in [-0.15, -0.1) is 0 Å². The molecule has 74 valence electrons. The SMILES string of the molecule is Cc1ccc(C=C2CCOCC2)cc1. The molecule has 1 aliphatic heterocycles. The molecule has 0 aliphatic carbocycles. The zero-order valence-electron chi connectivity index (χ0n) is 8.62. The Balaban J connectivity index is 2.11. The molecule has 0 saturated carbocycles. The lowest BCUT2D eigenvalue weighted by atomic mass is 10.0. The van der Waals surface area contributed by atoms with Gasteiger partial charge in [-0.1, -0.05) is 41.5 Å². The van der Waals surface area contributed by atoms with Crippen LogP contribution in [0, 0.1) is 6.92 Å². The van der Waals surface area contributed by atoms with Crippen molar-refractivity contribution in [3.8, 4) is 0 Å². The minimum absolute atomic E-state index is 0.887. The monoisotopic (exact) mass is 188 g/mol. The van der Waals surface area contributed by atoms with E-state index in [0.717, 1.165) is 26.1 Å². The predicted molar refractivity (Wildman–Crippen MR) is 59.2 cm³/mol. The molecule has 0 N–H and O–H groups in total. The van der Waals surface area contributed by atoms with Crippen molar-refractivity contribution in [3.63, 3.8) is 0 Å². The molecule has 0 aromatic heterocycles. The molecular weight excluding hydrogens is 172 g/mol. The lowest BCUT2D eigenvalue weighted by molar-refractivity contribution is 0.119. The number of rotatable bonds is 1. The van der Waals surface area contributed by atoms with Crippen LogP contribution < -0.4 is 0 Å². The molecule has 1 saturated heterocycles. The Labute approximate surface area is 85.4 Å². The molecule has 1 heterocycles. The predicted octanol–water partition coefficient (Wildman–Crippen LogP) is 3.19. The topological polar surface area (TPSA) is 9.23 Å². The quantitative estimate of drug-likeness (QED) is 0.657. The van der Waals surface area contributed by atoms with Crippen LogP contribution >= 0.6 is 0 Å². The van der Waals surface area contributed by atoms with E-state index in [0.29, 0.717) is 0 Å². The Morgan fingerprint density at radius 2 is 1.71 bits per heavy atom. The second-order valence-electron chi connectivity index (χ2n) is 3.83. The molecule has 14 heavy (non-hydrogen) atoms. The van der Waals surface area contributed by atoms with Crippen LogP contribution in [0.5, 0.6) is 0 Å². The first kappa shape index (κ1) is 9.47. The van der Waals surface area contributed by atoms with Gasteiger partial charge in [0.1, 0.15) is 0 Å². The van der Waals surface area contributed by atoms with Gasteiger partial charge in [-0.25, -0.2) is 0 Å². The van der Waals surface area contributed by atoms with Crippen LogP contribution in [0.1, 0.15) is 24.0 Å². The smallest absolute Gasteiger partial charge is 0.0503 e. The van der Waals surface area contributed by atoms with Crippen molar-refractivity contribution in [2.45, 2.75) is 19.8 Å². The number of hydrogen-bond acceptors (Lipinski definition) is 1. The Kier molecular flexibility index (Phi) is 3.00. The number of hydrogen-bond donors (Lipinski definition) is 0. The van der Waals surface area contributed by atoms with Gasteiger partial charge >= 0.3 is 0 Å². The number of aryl methyl sites for hydroxylation is 1. The maximum Gasteiger partial charge on any atom is 0.0503 e. The summed E-state index contributed by atoms with van der Waals surface area (Å²) in [6, 6.07) is 8.67. The summed E-state index contributed by atoms with van der Waals surface area (Å²) in [6.07, 6.45) is 4.48. The second-order valence-corrected chi connectivity index (χ2v) is 3.83. The summed E-state index contributed by atoms with van der Waals surface area (Å²) >= 11 is 0. The molecule has 1 aliphatic rings. The van der Waals surface area contributed by atoms with Crippen molar-refractivity contribution in [2.75, 3.05) is 13.2 Å². The molecule has 0 radical (unpaired) electrons. The van der Waals surface area contributed by atoms with Gasteiger partial charge in [0.05, 0.1) is 13.2 Å². The molecule has 1 heteroatoms. The third-order valence-electron chi connectivity index (χ3n) is 2.58. The minimum atomic E-state index is 0.887. The molecule has 2 rings (SSSR count). The first-order valence-electron chi connectivity index (χ1n) is 5.18. The van der Waals surface area contributed by atoms with E-state index in [9.17, 15) is 0 Å². The third-order valence-corrected chi connectivity index (χ3v) is 2.58. The Hall–Kier alpha value is -1.08. The van der Waals surface area contributed by atoms with E-state index in [1.807, 2.05) is 0 Å². The number of ether oxygens (including phenoxy) is 1. The first-order chi connectivity index (χ1) is 6.84. The molecule has 0 atom stereocenters. The summed E-state index contributed by atoms with van der Waals surface area (Å²) in [7, 11) is 0. The second kappa shape index (κ2) is 4.43. The largest absolute Gasteiger partial charge is 0.381 e. The van der Waals surface area contributed by atoms with Crippen LogP contribution in [0.15, 0.2) is 29.8 Å². The van der Waals surface area contributed by atoms with Crippen LogP contribution in [-0.4, -0.2) is 13.2 Å². The van der Waals surface area contributed by atoms with Gasteiger partial charge in [0.15, 0.2) is 0 Å². The molecule has 0 unspecified atom stereocenters. The normalized spacial score (nSPS) is 16.8. The van der Waals surface area contributed by atoms with Gasteiger partial charge in [-0.05, 0) is 25.3 Å². The summed E-state index contributed by atoms with van der Waals surface area (Å²) in [4.78, 5) is 0. The molecular formula is C13H16O. The number of benzene rings is 1. The summed E-state index contributed by atoms with van der Waals surface area (Å²) in [5.41, 5.74) is 4.15. The fraction of sp³-hybridized carbons (Fsp3) is 0.385. The van der Waals surface area contributed by atoms with E-state index in [-0.39, 0.29) is 0 Å². The average molecular weight is 188 g/mol. The van der Waals surface area contributed by atoms with Gasteiger partial charge in [0.2, 0.25) is 0 Å². The van der Waals surface area contributed by atoms with E-state index in [1.165, 1.54) is 16.7 Å². The van der Waals surface area contributed by atoms with E-state index in [1.54, 1.807) is 0 Å². The molecule has 1 aromatic carbocycles. The highest BCUT2D eigenvalue weighted by molar-refractivity contribution is 5.53. The highest BCUT2D eigenvalue weighted by atomic mass is 16.5. The van der Waals surface area contributed by atoms with Crippen LogP contribution in [0.25, 0.3) is 6.08 Å². The highest BCUT2D eigenvalue weighted by Gasteiger charge is 2.04. The molecule has 1 nitrogen and oxygen atoms in total. The van der Waals surface area contributed by atoms with E-state index in [4.69, 9.17) is 4.74 Å². The van der Waals surface area contributed by atoms with Crippen molar-refractivity contribution < 1.29 is 4.74 Å². The Morgan fingerprint density at radius 1 is 1.07 bits per heavy atom. The Morgan fingerprint density at radius 3 is 2.36 bits per heavy atom. The zero-order chi connectivity index (χ0) is 9.80. The van der Waals surface area contributed by atoms with Crippen molar-refractivity contribution in [3.05, 3.63) is 41.0 Å². The fourth-order valence-corrected chi connectivity index (χ4v) is 1.68. The van der Waals surface area contributed by atoms with E-state index < -0.39 is 0 Å². The molecule has 0 spiro atoms. The first-order valence-corrected chi connectivity index (χ1v) is 5.18. The van der Waals surface area contributed by atoms with Crippen LogP contribution in [0.3, 0.4) is 0 Å². The van der Waals surface area contributed by atoms with Crippen molar-refractivity contribution in [1.82, 2.24) is 0 Å². The van der Waals surface area contributed by atoms with Gasteiger partial charge in [-0.3, -0.25) is 0 Å². The van der Waals surface area contributed by atoms with Crippen molar-refractivity contribution in [2.24, 2.45) is 0 Å². The average Bonchev–Trinajstić information content (AvgIpc) is 2.23. The van der Waals surface area contributed by atoms with Gasteiger partial charge in [0.25, 0.3) is 0 Å². The lowest BCUT2D eigenvalue weighted by Crippen LogP contribution is -2.06.